The molecule has 0 aliphatic heterocycles. The molecule has 0 radical (unpaired) electrons. The second-order valence-corrected chi connectivity index (χ2v) is 6.56. The minimum Gasteiger partial charge on any atom is -0.350 e. The van der Waals surface area contributed by atoms with Crippen LogP contribution in [-0.2, 0) is 24.2 Å². The third kappa shape index (κ3) is 3.15. The summed E-state index contributed by atoms with van der Waals surface area (Å²) in [7, 11) is 0. The lowest BCUT2D eigenvalue weighted by atomic mass is 9.89. The van der Waals surface area contributed by atoms with Gasteiger partial charge in [0.25, 0.3) is 0 Å². The van der Waals surface area contributed by atoms with Crippen LogP contribution in [0.1, 0.15) is 49.1 Å². The Bertz CT molecular complexity index is 618. The Morgan fingerprint density at radius 3 is 3.14 bits per heavy atom. The topological polar surface area (TPSA) is 70.7 Å². The molecule has 6 heteroatoms. The van der Waals surface area contributed by atoms with Gasteiger partial charge >= 0.3 is 0 Å². The van der Waals surface area contributed by atoms with Gasteiger partial charge in [-0.1, -0.05) is 13.8 Å². The van der Waals surface area contributed by atoms with Crippen molar-refractivity contribution in [3.63, 3.8) is 0 Å². The molecule has 0 fully saturated rings. The average Bonchev–Trinajstić information content (AvgIpc) is 3.12. The number of rotatable bonds is 4. The van der Waals surface area contributed by atoms with E-state index in [0.29, 0.717) is 12.5 Å². The van der Waals surface area contributed by atoms with Gasteiger partial charge in [-0.05, 0) is 12.8 Å². The molecule has 0 aromatic carbocycles. The predicted molar refractivity (Wildman–Crippen MR) is 82.2 cm³/mol. The molecular formula is C15H20N4OS. The van der Waals surface area contributed by atoms with Crippen molar-refractivity contribution < 1.29 is 4.79 Å². The molecule has 1 aliphatic rings. The molecule has 3 rings (SSSR count). The second-order valence-electron chi connectivity index (χ2n) is 5.84. The first-order valence-electron chi connectivity index (χ1n) is 7.36. The van der Waals surface area contributed by atoms with E-state index in [1.165, 1.54) is 0 Å². The number of carbonyl (C=O) groups excluding carboxylic acids is 1. The van der Waals surface area contributed by atoms with Gasteiger partial charge in [0, 0.05) is 29.3 Å². The summed E-state index contributed by atoms with van der Waals surface area (Å²) in [6.07, 6.45) is 2.52. The smallest absolute Gasteiger partial charge is 0.223 e. The van der Waals surface area contributed by atoms with E-state index in [2.05, 4.69) is 34.1 Å². The molecule has 2 aromatic rings. The Kier molecular flexibility index (Phi) is 4.05. The van der Waals surface area contributed by atoms with Crippen molar-refractivity contribution in [1.82, 2.24) is 20.3 Å². The Labute approximate surface area is 128 Å². The molecule has 1 aliphatic carbocycles. The van der Waals surface area contributed by atoms with Crippen molar-refractivity contribution in [2.75, 3.05) is 0 Å². The SMILES string of the molecule is CC(C)c1nc2c([nH]1)C[C@@H](C(=O)NCc1cscn1)CC2. The van der Waals surface area contributed by atoms with Gasteiger partial charge < -0.3 is 10.3 Å². The van der Waals surface area contributed by atoms with Crippen LogP contribution in [0.4, 0.5) is 0 Å². The van der Waals surface area contributed by atoms with Crippen LogP contribution in [-0.4, -0.2) is 20.9 Å². The summed E-state index contributed by atoms with van der Waals surface area (Å²) in [5, 5.41) is 4.95. The number of nitrogens with zero attached hydrogens (tertiary/aromatic N) is 2. The number of fused-ring (bicyclic) bond motifs is 1. The van der Waals surface area contributed by atoms with Crippen molar-refractivity contribution in [2.24, 2.45) is 5.92 Å². The van der Waals surface area contributed by atoms with Gasteiger partial charge in [-0.25, -0.2) is 9.97 Å². The molecule has 2 N–H and O–H groups in total. The number of hydrogen-bond acceptors (Lipinski definition) is 4. The fourth-order valence-electron chi connectivity index (χ4n) is 2.65. The summed E-state index contributed by atoms with van der Waals surface area (Å²) in [5.41, 5.74) is 4.99. The van der Waals surface area contributed by atoms with Crippen LogP contribution in [0.2, 0.25) is 0 Å². The zero-order chi connectivity index (χ0) is 14.8. The third-order valence-electron chi connectivity index (χ3n) is 3.91. The average molecular weight is 304 g/mol. The molecule has 0 saturated heterocycles. The largest absolute Gasteiger partial charge is 0.350 e. The highest BCUT2D eigenvalue weighted by Gasteiger charge is 2.27. The lowest BCUT2D eigenvalue weighted by Crippen LogP contribution is -2.33. The molecule has 112 valence electrons. The molecule has 2 heterocycles. The third-order valence-corrected chi connectivity index (χ3v) is 4.54. The fourth-order valence-corrected chi connectivity index (χ4v) is 3.21. The van der Waals surface area contributed by atoms with Gasteiger partial charge in [0.2, 0.25) is 5.91 Å². The molecule has 21 heavy (non-hydrogen) atoms. The van der Waals surface area contributed by atoms with E-state index in [1.54, 1.807) is 16.8 Å². The van der Waals surface area contributed by atoms with Crippen LogP contribution in [0.25, 0.3) is 0 Å². The first kappa shape index (κ1) is 14.3. The lowest BCUT2D eigenvalue weighted by Gasteiger charge is -2.20. The lowest BCUT2D eigenvalue weighted by molar-refractivity contribution is -0.125. The zero-order valence-electron chi connectivity index (χ0n) is 12.3. The molecule has 0 spiro atoms. The first-order valence-corrected chi connectivity index (χ1v) is 8.30. The summed E-state index contributed by atoms with van der Waals surface area (Å²) in [6.45, 7) is 4.77. The second kappa shape index (κ2) is 5.97. The van der Waals surface area contributed by atoms with Crippen LogP contribution in [0.3, 0.4) is 0 Å². The summed E-state index contributed by atoms with van der Waals surface area (Å²) < 4.78 is 0. The number of imidazole rings is 1. The van der Waals surface area contributed by atoms with Gasteiger partial charge in [0.1, 0.15) is 5.82 Å². The molecule has 0 unspecified atom stereocenters. The van der Waals surface area contributed by atoms with E-state index in [9.17, 15) is 4.79 Å². The van der Waals surface area contributed by atoms with E-state index >= 15 is 0 Å². The van der Waals surface area contributed by atoms with Crippen LogP contribution in [0.5, 0.6) is 0 Å². The summed E-state index contributed by atoms with van der Waals surface area (Å²) >= 11 is 1.55. The Morgan fingerprint density at radius 2 is 2.43 bits per heavy atom. The number of aromatic nitrogens is 3. The first-order chi connectivity index (χ1) is 10.1. The standard InChI is InChI=1S/C15H20N4OS/c1-9(2)14-18-12-4-3-10(5-13(12)19-14)15(20)16-6-11-7-21-8-17-11/h7-10H,3-6H2,1-2H3,(H,16,20)(H,18,19)/t10-/m0/s1. The highest BCUT2D eigenvalue weighted by Crippen LogP contribution is 2.26. The monoisotopic (exact) mass is 304 g/mol. The normalized spacial score (nSPS) is 17.8. The van der Waals surface area contributed by atoms with Gasteiger partial charge in [-0.15, -0.1) is 11.3 Å². The van der Waals surface area contributed by atoms with E-state index in [1.807, 2.05) is 5.38 Å². The summed E-state index contributed by atoms with van der Waals surface area (Å²) in [4.78, 5) is 24.5. The van der Waals surface area contributed by atoms with E-state index in [0.717, 1.165) is 42.2 Å². The molecule has 0 bridgehead atoms. The molecule has 5 nitrogen and oxygen atoms in total. The minimum absolute atomic E-state index is 0.0385. The van der Waals surface area contributed by atoms with Crippen molar-refractivity contribution in [3.05, 3.63) is 33.8 Å². The highest BCUT2D eigenvalue weighted by molar-refractivity contribution is 7.07. The van der Waals surface area contributed by atoms with E-state index in [-0.39, 0.29) is 11.8 Å². The van der Waals surface area contributed by atoms with Crippen molar-refractivity contribution in [2.45, 2.75) is 45.6 Å². The van der Waals surface area contributed by atoms with Crippen LogP contribution >= 0.6 is 11.3 Å². The fraction of sp³-hybridized carbons (Fsp3) is 0.533. The molecule has 2 aromatic heterocycles. The summed E-state index contributed by atoms with van der Waals surface area (Å²) in [5.74, 6) is 1.59. The number of nitrogens with one attached hydrogen (secondary N) is 2. The number of aromatic amines is 1. The maximum absolute atomic E-state index is 12.3. The number of thiazole rings is 1. The number of amides is 1. The molecule has 1 atom stereocenters. The maximum atomic E-state index is 12.3. The zero-order valence-corrected chi connectivity index (χ0v) is 13.2. The number of aryl methyl sites for hydroxylation is 1. The predicted octanol–water partition coefficient (Wildman–Crippen LogP) is 2.41. The molecule has 0 saturated carbocycles. The molecule has 1 amide bonds. The quantitative estimate of drug-likeness (QED) is 0.911. The van der Waals surface area contributed by atoms with Crippen LogP contribution in [0, 0.1) is 5.92 Å². The van der Waals surface area contributed by atoms with Gasteiger partial charge in [0.15, 0.2) is 0 Å². The van der Waals surface area contributed by atoms with Crippen LogP contribution < -0.4 is 5.32 Å². The van der Waals surface area contributed by atoms with E-state index in [4.69, 9.17) is 0 Å². The maximum Gasteiger partial charge on any atom is 0.223 e. The highest BCUT2D eigenvalue weighted by atomic mass is 32.1. The van der Waals surface area contributed by atoms with Crippen molar-refractivity contribution >= 4 is 17.2 Å². The van der Waals surface area contributed by atoms with Crippen LogP contribution in [0.15, 0.2) is 10.9 Å². The summed E-state index contributed by atoms with van der Waals surface area (Å²) in [6, 6.07) is 0. The Balaban J connectivity index is 1.61. The minimum atomic E-state index is 0.0385. The van der Waals surface area contributed by atoms with E-state index < -0.39 is 0 Å². The Hall–Kier alpha value is -1.69. The number of hydrogen-bond donors (Lipinski definition) is 2. The van der Waals surface area contributed by atoms with Gasteiger partial charge in [0.05, 0.1) is 23.4 Å². The number of H-pyrrole nitrogens is 1. The molecular weight excluding hydrogens is 284 g/mol. The van der Waals surface area contributed by atoms with Gasteiger partial charge in [-0.3, -0.25) is 4.79 Å². The van der Waals surface area contributed by atoms with Crippen molar-refractivity contribution in [3.8, 4) is 0 Å². The van der Waals surface area contributed by atoms with Gasteiger partial charge in [-0.2, -0.15) is 0 Å². The Morgan fingerprint density at radius 1 is 1.57 bits per heavy atom. The number of carbonyl (C=O) groups is 1. The van der Waals surface area contributed by atoms with Crippen molar-refractivity contribution in [1.29, 1.82) is 0 Å².